The molecule has 472 valence electrons. The predicted molar refractivity (Wildman–Crippen MR) is 258 cm³/mol. The molecule has 0 saturated carbocycles. The summed E-state index contributed by atoms with van der Waals surface area (Å²) in [6.45, 7) is 8.94. The number of carbonyl (C=O) groups is 13. The van der Waals surface area contributed by atoms with Gasteiger partial charge in [-0.3, -0.25) is 62.3 Å². The average molecular weight is 1210 g/mol. The Morgan fingerprint density at radius 1 is 0.262 bits per heavy atom. The van der Waals surface area contributed by atoms with E-state index in [1.165, 1.54) is 0 Å². The summed E-state index contributed by atoms with van der Waals surface area (Å²) < 4.78 is 114. The molecule has 4 heterocycles. The molecule has 0 radical (unpaired) electrons. The molecule has 0 aromatic carbocycles. The second kappa shape index (κ2) is 31.6. The standard InChI is InChI=1S/C50H68O34/c1-18(51)65-14-31-37(39(71-23(6)56)43(47(64)79-31)75-27(10)60)83-50-46(78-30(13)63)42(74-26(9)59)38(33(81-50)16-67-20(3)53)84-49-45(77-29(12)62)41(73-25(8)58)36(70-22(5)55)34(82-49)17-68-48-44(76-28(11)61)40(72-24(7)57)35(69-21(4)54)32(80-48)15-66-19(2)52/h31-50,64H,14-17H2,1-13H3/t31?,32?,33?,34?,35-,36-,37-,38-,39?,40?,41?,42?,43?,44?,45?,46?,47-,48+,49-,50-/m1/s1. The number of hydrogen-bond donors (Lipinski definition) is 1. The van der Waals surface area contributed by atoms with Crippen molar-refractivity contribution in [3.63, 3.8) is 0 Å². The van der Waals surface area contributed by atoms with Crippen LogP contribution in [0.1, 0.15) is 90.0 Å². The van der Waals surface area contributed by atoms with E-state index in [9.17, 15) is 67.4 Å². The number of aliphatic hydroxyl groups is 1. The van der Waals surface area contributed by atoms with Crippen LogP contribution in [0.3, 0.4) is 0 Å². The second-order valence-corrected chi connectivity index (χ2v) is 18.9. The number of hydrogen-bond acceptors (Lipinski definition) is 34. The summed E-state index contributed by atoms with van der Waals surface area (Å²) in [5.41, 5.74) is 0. The van der Waals surface area contributed by atoms with E-state index >= 15 is 0 Å². The van der Waals surface area contributed by atoms with Crippen LogP contribution in [0, 0.1) is 0 Å². The summed E-state index contributed by atoms with van der Waals surface area (Å²) in [6.07, 6.45) is -38.3. The topological polar surface area (TPSA) is 427 Å². The quantitative estimate of drug-likeness (QED) is 0.0828. The first-order chi connectivity index (χ1) is 39.3. The van der Waals surface area contributed by atoms with Crippen LogP contribution in [-0.2, 0) is 157 Å². The van der Waals surface area contributed by atoms with Gasteiger partial charge in [-0.15, -0.1) is 0 Å². The maximum atomic E-state index is 13.2. The summed E-state index contributed by atoms with van der Waals surface area (Å²) in [5.74, 6) is -13.4. The van der Waals surface area contributed by atoms with Crippen molar-refractivity contribution in [1.82, 2.24) is 0 Å². The Labute approximate surface area is 478 Å². The lowest BCUT2D eigenvalue weighted by atomic mass is 9.95. The zero-order valence-electron chi connectivity index (χ0n) is 47.8. The molecule has 0 aliphatic carbocycles. The third kappa shape index (κ3) is 20.5. The monoisotopic (exact) mass is 1210 g/mol. The van der Waals surface area contributed by atoms with Crippen LogP contribution in [0.15, 0.2) is 0 Å². The van der Waals surface area contributed by atoms with E-state index in [4.69, 9.17) is 94.7 Å². The first-order valence-electron chi connectivity index (χ1n) is 25.6. The Balaban J connectivity index is 1.95. The number of carbonyl (C=O) groups excluding carboxylic acids is 13. The zero-order valence-corrected chi connectivity index (χ0v) is 47.8. The lowest BCUT2D eigenvalue weighted by Crippen LogP contribution is -2.69. The van der Waals surface area contributed by atoms with E-state index in [1.54, 1.807) is 0 Å². The minimum atomic E-state index is -2.21. The molecule has 0 aromatic rings. The van der Waals surface area contributed by atoms with Gasteiger partial charge in [0.05, 0.1) is 6.61 Å². The molecule has 0 bridgehead atoms. The van der Waals surface area contributed by atoms with Gasteiger partial charge in [0.25, 0.3) is 0 Å². The molecule has 84 heavy (non-hydrogen) atoms. The maximum Gasteiger partial charge on any atom is 0.303 e. The Morgan fingerprint density at radius 3 is 0.810 bits per heavy atom. The molecule has 34 nitrogen and oxygen atoms in total. The normalized spacial score (nSPS) is 32.7. The number of aliphatic hydroxyl groups excluding tert-OH is 1. The average Bonchev–Trinajstić information content (AvgIpc) is 1.13. The Morgan fingerprint density at radius 2 is 0.488 bits per heavy atom. The first-order valence-corrected chi connectivity index (χ1v) is 25.6. The summed E-state index contributed by atoms with van der Waals surface area (Å²) >= 11 is 0. The Kier molecular flexibility index (Phi) is 26.1. The van der Waals surface area contributed by atoms with Gasteiger partial charge >= 0.3 is 77.6 Å². The highest BCUT2D eigenvalue weighted by molar-refractivity contribution is 5.71. The van der Waals surface area contributed by atoms with Gasteiger partial charge in [0, 0.05) is 90.0 Å². The third-order valence-corrected chi connectivity index (χ3v) is 11.8. The maximum absolute atomic E-state index is 13.2. The molecule has 4 rings (SSSR count). The van der Waals surface area contributed by atoms with Crippen LogP contribution in [0.4, 0.5) is 0 Å². The predicted octanol–water partition coefficient (Wildman–Crippen LogP) is -2.33. The molecule has 12 unspecified atom stereocenters. The van der Waals surface area contributed by atoms with Crippen molar-refractivity contribution < 1.29 is 162 Å². The summed E-state index contributed by atoms with van der Waals surface area (Å²) in [6, 6.07) is 0. The molecule has 4 fully saturated rings. The number of ether oxygens (including phenoxy) is 20. The van der Waals surface area contributed by atoms with Crippen LogP contribution in [0.25, 0.3) is 0 Å². The van der Waals surface area contributed by atoms with Crippen molar-refractivity contribution >= 4 is 77.6 Å². The Hall–Kier alpha value is -7.21. The minimum absolute atomic E-state index is 0.697. The highest BCUT2D eigenvalue weighted by Gasteiger charge is 2.61. The van der Waals surface area contributed by atoms with Crippen LogP contribution < -0.4 is 0 Å². The molecule has 4 aliphatic rings. The highest BCUT2D eigenvalue weighted by atomic mass is 16.8. The van der Waals surface area contributed by atoms with Crippen molar-refractivity contribution in [2.24, 2.45) is 0 Å². The molecule has 0 amide bonds. The molecule has 4 aliphatic heterocycles. The zero-order chi connectivity index (χ0) is 63.0. The molecule has 0 spiro atoms. The largest absolute Gasteiger partial charge is 0.463 e. The first kappa shape index (κ1) is 69.3. The van der Waals surface area contributed by atoms with E-state index in [1.807, 2.05) is 0 Å². The van der Waals surface area contributed by atoms with Gasteiger partial charge in [-0.1, -0.05) is 0 Å². The molecule has 4 saturated heterocycles. The molecule has 0 aromatic heterocycles. The summed E-state index contributed by atoms with van der Waals surface area (Å²) in [4.78, 5) is 165. The Bertz CT molecular complexity index is 2410. The molecule has 34 heteroatoms. The van der Waals surface area contributed by atoms with E-state index in [2.05, 4.69) is 0 Å². The van der Waals surface area contributed by atoms with Crippen LogP contribution in [0.5, 0.6) is 0 Å². The second-order valence-electron chi connectivity index (χ2n) is 18.9. The fourth-order valence-electron chi connectivity index (χ4n) is 9.09. The lowest BCUT2D eigenvalue weighted by molar-refractivity contribution is -0.380. The number of esters is 13. The van der Waals surface area contributed by atoms with Crippen molar-refractivity contribution in [2.75, 3.05) is 26.4 Å². The van der Waals surface area contributed by atoms with Gasteiger partial charge in [0.15, 0.2) is 86.2 Å². The van der Waals surface area contributed by atoms with Crippen molar-refractivity contribution in [3.05, 3.63) is 0 Å². The lowest BCUT2D eigenvalue weighted by Gasteiger charge is -2.50. The van der Waals surface area contributed by atoms with Crippen molar-refractivity contribution in [2.45, 2.75) is 213 Å². The van der Waals surface area contributed by atoms with Gasteiger partial charge < -0.3 is 99.8 Å². The van der Waals surface area contributed by atoms with Gasteiger partial charge in [-0.05, 0) is 0 Å². The third-order valence-electron chi connectivity index (χ3n) is 11.8. The summed E-state index contributed by atoms with van der Waals surface area (Å²) in [5, 5.41) is 11.0. The SMILES string of the molecule is CC(=O)OCC1O[C@H](OCC2O[C@H](O[C@@H]3C(COC(C)=O)O[C@H](O[C@@H]4C(COC(C)=O)O[C@@H](O)C(OC(C)=O)C4OC(C)=O)C(OC(C)=O)C3OC(C)=O)C(OC(C)=O)C(OC(C)=O)[C@@H]2OC(C)=O)C(OC(C)=O)C(OC(C)=O)[C@@H]1OC(C)=O. The molecular formula is C50H68O34. The van der Waals surface area contributed by atoms with E-state index in [0.29, 0.717) is 0 Å². The summed E-state index contributed by atoms with van der Waals surface area (Å²) in [7, 11) is 0. The van der Waals surface area contributed by atoms with Gasteiger partial charge in [-0.25, -0.2) is 0 Å². The highest BCUT2D eigenvalue weighted by Crippen LogP contribution is 2.39. The van der Waals surface area contributed by atoms with Gasteiger partial charge in [0.2, 0.25) is 0 Å². The van der Waals surface area contributed by atoms with Crippen LogP contribution >= 0.6 is 0 Å². The molecular weight excluding hydrogens is 1140 g/mol. The van der Waals surface area contributed by atoms with Gasteiger partial charge in [0.1, 0.15) is 56.4 Å². The van der Waals surface area contributed by atoms with Crippen molar-refractivity contribution in [3.8, 4) is 0 Å². The van der Waals surface area contributed by atoms with Gasteiger partial charge in [-0.2, -0.15) is 0 Å². The fourth-order valence-corrected chi connectivity index (χ4v) is 9.09. The fraction of sp³-hybridized carbons (Fsp3) is 0.740. The minimum Gasteiger partial charge on any atom is -0.463 e. The van der Waals surface area contributed by atoms with E-state index in [0.717, 1.165) is 90.0 Å². The van der Waals surface area contributed by atoms with Crippen LogP contribution in [0.2, 0.25) is 0 Å². The molecule has 1 N–H and O–H groups in total. The molecule has 20 atom stereocenters. The van der Waals surface area contributed by atoms with E-state index in [-0.39, 0.29) is 0 Å². The van der Waals surface area contributed by atoms with Crippen molar-refractivity contribution in [1.29, 1.82) is 0 Å². The number of rotatable bonds is 23. The van der Waals surface area contributed by atoms with E-state index < -0.39 is 227 Å². The smallest absolute Gasteiger partial charge is 0.303 e. The van der Waals surface area contributed by atoms with Crippen LogP contribution in [-0.4, -0.2) is 232 Å².